The Morgan fingerprint density at radius 3 is 2.90 bits per heavy atom. The molecule has 1 N–H and O–H groups in total. The average Bonchev–Trinajstić information content (AvgIpc) is 1.98. The Bertz CT molecular complexity index is 135. The third-order valence-electron chi connectivity index (χ3n) is 1.23. The Morgan fingerprint density at radius 2 is 2.40 bits per heavy atom. The van der Waals surface area contributed by atoms with E-state index in [1.165, 1.54) is 0 Å². The highest BCUT2D eigenvalue weighted by Crippen LogP contribution is 2.00. The maximum Gasteiger partial charge on any atom is 0.140 e. The molecule has 0 bridgehead atoms. The lowest BCUT2D eigenvalue weighted by atomic mass is 10.1. The molecule has 0 aliphatic rings. The van der Waals surface area contributed by atoms with Crippen LogP contribution >= 0.6 is 0 Å². The maximum absolute atomic E-state index is 8.77. The van der Waals surface area contributed by atoms with Gasteiger partial charge in [-0.1, -0.05) is 12.2 Å². The summed E-state index contributed by atoms with van der Waals surface area (Å²) in [5.41, 5.74) is 0. The lowest BCUT2D eigenvalue weighted by Crippen LogP contribution is -2.00. The van der Waals surface area contributed by atoms with Gasteiger partial charge in [0.2, 0.25) is 0 Å². The summed E-state index contributed by atoms with van der Waals surface area (Å²) in [5, 5.41) is 16.9. The van der Waals surface area contributed by atoms with Crippen LogP contribution < -0.4 is 0 Å². The topological polar surface area (TPSA) is 44.0 Å². The second-order valence-electron chi connectivity index (χ2n) is 2.14. The van der Waals surface area contributed by atoms with Crippen LogP contribution in [0, 0.1) is 11.3 Å². The molecular weight excluding hydrogens is 126 g/mol. The molecule has 0 aliphatic heterocycles. The molecule has 1 unspecified atom stereocenters. The zero-order chi connectivity index (χ0) is 7.82. The SMILES string of the molecule is CC=CCCCC(O)C#N. The molecule has 0 aromatic carbocycles. The first-order valence-corrected chi connectivity index (χ1v) is 3.50. The van der Waals surface area contributed by atoms with E-state index in [0.29, 0.717) is 6.42 Å². The monoisotopic (exact) mass is 139 g/mol. The molecule has 2 nitrogen and oxygen atoms in total. The van der Waals surface area contributed by atoms with Crippen molar-refractivity contribution in [2.75, 3.05) is 0 Å². The van der Waals surface area contributed by atoms with Gasteiger partial charge in [-0.3, -0.25) is 0 Å². The lowest BCUT2D eigenvalue weighted by molar-refractivity contribution is 0.217. The predicted octanol–water partition coefficient (Wildman–Crippen LogP) is 1.62. The second kappa shape index (κ2) is 6.31. The van der Waals surface area contributed by atoms with Crippen molar-refractivity contribution in [3.63, 3.8) is 0 Å². The zero-order valence-corrected chi connectivity index (χ0v) is 6.25. The summed E-state index contributed by atoms with van der Waals surface area (Å²) in [6.07, 6.45) is 5.66. The number of allylic oxidation sites excluding steroid dienone is 2. The highest BCUT2D eigenvalue weighted by molar-refractivity contribution is 4.83. The predicted molar refractivity (Wildman–Crippen MR) is 40.3 cm³/mol. The summed E-state index contributed by atoms with van der Waals surface area (Å²) < 4.78 is 0. The first-order valence-electron chi connectivity index (χ1n) is 3.50. The highest BCUT2D eigenvalue weighted by atomic mass is 16.3. The van der Waals surface area contributed by atoms with Crippen molar-refractivity contribution in [1.82, 2.24) is 0 Å². The van der Waals surface area contributed by atoms with Gasteiger partial charge in [-0.25, -0.2) is 0 Å². The van der Waals surface area contributed by atoms with Crippen LogP contribution in [-0.4, -0.2) is 11.2 Å². The Balaban J connectivity index is 3.13. The summed E-state index contributed by atoms with van der Waals surface area (Å²) in [7, 11) is 0. The number of aliphatic hydroxyl groups excluding tert-OH is 1. The molecule has 0 aliphatic carbocycles. The molecule has 0 saturated carbocycles. The fourth-order valence-corrected chi connectivity index (χ4v) is 0.660. The number of aliphatic hydroxyl groups is 1. The molecule has 1 atom stereocenters. The Morgan fingerprint density at radius 1 is 1.70 bits per heavy atom. The number of hydrogen-bond acceptors (Lipinski definition) is 2. The van der Waals surface area contributed by atoms with E-state index in [2.05, 4.69) is 0 Å². The fourth-order valence-electron chi connectivity index (χ4n) is 0.660. The normalized spacial score (nSPS) is 13.3. The Labute approximate surface area is 61.8 Å². The van der Waals surface area contributed by atoms with E-state index >= 15 is 0 Å². The molecule has 0 spiro atoms. The largest absolute Gasteiger partial charge is 0.378 e. The van der Waals surface area contributed by atoms with Crippen molar-refractivity contribution in [2.45, 2.75) is 32.3 Å². The van der Waals surface area contributed by atoms with Crippen LogP contribution in [0.2, 0.25) is 0 Å². The molecular formula is C8H13NO. The van der Waals surface area contributed by atoms with Crippen LogP contribution in [0.3, 0.4) is 0 Å². The van der Waals surface area contributed by atoms with Gasteiger partial charge in [0, 0.05) is 0 Å². The van der Waals surface area contributed by atoms with Gasteiger partial charge in [0.1, 0.15) is 6.10 Å². The Kier molecular flexibility index (Phi) is 5.80. The van der Waals surface area contributed by atoms with E-state index in [0.717, 1.165) is 12.8 Å². The van der Waals surface area contributed by atoms with Gasteiger partial charge in [0.15, 0.2) is 0 Å². The second-order valence-corrected chi connectivity index (χ2v) is 2.14. The molecule has 0 aromatic heterocycles. The van der Waals surface area contributed by atoms with Crippen molar-refractivity contribution < 1.29 is 5.11 Å². The van der Waals surface area contributed by atoms with E-state index in [1.807, 2.05) is 19.1 Å². The summed E-state index contributed by atoms with van der Waals surface area (Å²) in [4.78, 5) is 0. The van der Waals surface area contributed by atoms with Gasteiger partial charge in [0.05, 0.1) is 6.07 Å². The summed E-state index contributed by atoms with van der Waals surface area (Å²) in [6, 6.07) is 1.77. The molecule has 2 heteroatoms. The van der Waals surface area contributed by atoms with Gasteiger partial charge in [-0.05, 0) is 26.2 Å². The molecule has 0 saturated heterocycles. The van der Waals surface area contributed by atoms with E-state index < -0.39 is 6.10 Å². The maximum atomic E-state index is 8.77. The van der Waals surface area contributed by atoms with Crippen LogP contribution in [0.25, 0.3) is 0 Å². The first kappa shape index (κ1) is 9.19. The van der Waals surface area contributed by atoms with Gasteiger partial charge < -0.3 is 5.11 Å². The molecule has 56 valence electrons. The summed E-state index contributed by atoms with van der Waals surface area (Å²) in [6.45, 7) is 1.96. The molecule has 0 fully saturated rings. The van der Waals surface area contributed by atoms with Crippen molar-refractivity contribution in [3.05, 3.63) is 12.2 Å². The van der Waals surface area contributed by atoms with Crippen LogP contribution in [0.1, 0.15) is 26.2 Å². The lowest BCUT2D eigenvalue weighted by Gasteiger charge is -1.96. The van der Waals surface area contributed by atoms with Crippen molar-refractivity contribution in [3.8, 4) is 6.07 Å². The quantitative estimate of drug-likeness (QED) is 0.365. The number of nitrogens with zero attached hydrogens (tertiary/aromatic N) is 1. The van der Waals surface area contributed by atoms with E-state index in [-0.39, 0.29) is 0 Å². The van der Waals surface area contributed by atoms with E-state index in [9.17, 15) is 0 Å². The Hall–Kier alpha value is -0.810. The number of nitriles is 1. The first-order chi connectivity index (χ1) is 4.81. The molecule has 0 amide bonds. The zero-order valence-electron chi connectivity index (χ0n) is 6.25. The molecule has 0 rings (SSSR count). The number of rotatable bonds is 4. The summed E-state index contributed by atoms with van der Waals surface area (Å²) in [5.74, 6) is 0. The van der Waals surface area contributed by atoms with Crippen molar-refractivity contribution >= 4 is 0 Å². The van der Waals surface area contributed by atoms with Crippen LogP contribution in [0.5, 0.6) is 0 Å². The minimum absolute atomic E-state index is 0.584. The van der Waals surface area contributed by atoms with Crippen LogP contribution in [0.4, 0.5) is 0 Å². The fraction of sp³-hybridized carbons (Fsp3) is 0.625. The molecule has 0 heterocycles. The van der Waals surface area contributed by atoms with Crippen LogP contribution in [0.15, 0.2) is 12.2 Å². The van der Waals surface area contributed by atoms with Gasteiger partial charge in [-0.15, -0.1) is 0 Å². The standard InChI is InChI=1S/C8H13NO/c1-2-3-4-5-6-8(10)7-9/h2-3,8,10H,4-6H2,1H3. The third-order valence-corrected chi connectivity index (χ3v) is 1.23. The van der Waals surface area contributed by atoms with E-state index in [4.69, 9.17) is 10.4 Å². The van der Waals surface area contributed by atoms with Gasteiger partial charge in [0.25, 0.3) is 0 Å². The van der Waals surface area contributed by atoms with Crippen LogP contribution in [-0.2, 0) is 0 Å². The highest BCUT2D eigenvalue weighted by Gasteiger charge is 1.97. The smallest absolute Gasteiger partial charge is 0.140 e. The minimum atomic E-state index is -0.773. The number of hydrogen-bond donors (Lipinski definition) is 1. The molecule has 10 heavy (non-hydrogen) atoms. The van der Waals surface area contributed by atoms with Crippen molar-refractivity contribution in [2.24, 2.45) is 0 Å². The minimum Gasteiger partial charge on any atom is -0.378 e. The van der Waals surface area contributed by atoms with Gasteiger partial charge in [-0.2, -0.15) is 5.26 Å². The van der Waals surface area contributed by atoms with Gasteiger partial charge >= 0.3 is 0 Å². The van der Waals surface area contributed by atoms with Crippen molar-refractivity contribution in [1.29, 1.82) is 5.26 Å². The number of unbranched alkanes of at least 4 members (excludes halogenated alkanes) is 1. The van der Waals surface area contributed by atoms with E-state index in [1.54, 1.807) is 6.07 Å². The average molecular weight is 139 g/mol. The molecule has 0 radical (unpaired) electrons. The molecule has 0 aromatic rings. The third kappa shape index (κ3) is 5.33. The summed E-state index contributed by atoms with van der Waals surface area (Å²) >= 11 is 0.